The summed E-state index contributed by atoms with van der Waals surface area (Å²) in [7, 11) is 0. The Bertz CT molecular complexity index is 476. The van der Waals surface area contributed by atoms with Crippen LogP contribution in [0, 0.1) is 34.5 Å². The first-order chi connectivity index (χ1) is 10.8. The van der Waals surface area contributed by atoms with Gasteiger partial charge in [-0.15, -0.1) is 0 Å². The van der Waals surface area contributed by atoms with Gasteiger partial charge in [-0.1, -0.05) is 20.8 Å². The summed E-state index contributed by atoms with van der Waals surface area (Å²) in [6.45, 7) is 7.08. The molecule has 4 aliphatic carbocycles. The summed E-state index contributed by atoms with van der Waals surface area (Å²) in [6, 6.07) is 0. The average molecular weight is 321 g/mol. The molecule has 0 aromatic carbocycles. The number of hydrogen-bond donors (Lipinski definition) is 2. The highest BCUT2D eigenvalue weighted by atomic mass is 16.3. The van der Waals surface area contributed by atoms with E-state index in [1.54, 1.807) is 0 Å². The lowest BCUT2D eigenvalue weighted by Gasteiger charge is -2.61. The first-order valence-electron chi connectivity index (χ1n) is 10.2. The number of rotatable bonds is 1. The maximum Gasteiger partial charge on any atom is 0.0648 e. The van der Waals surface area contributed by atoms with E-state index in [0.29, 0.717) is 5.41 Å². The highest BCUT2D eigenvalue weighted by molar-refractivity contribution is 5.10. The normalized spacial score (nSPS) is 59.1. The van der Waals surface area contributed by atoms with E-state index in [9.17, 15) is 10.2 Å². The van der Waals surface area contributed by atoms with Crippen LogP contribution in [0.5, 0.6) is 0 Å². The van der Waals surface area contributed by atoms with Gasteiger partial charge in [0.25, 0.3) is 0 Å². The van der Waals surface area contributed by atoms with Crippen molar-refractivity contribution >= 4 is 0 Å². The molecular formula is C21H36O2. The van der Waals surface area contributed by atoms with Gasteiger partial charge in [-0.25, -0.2) is 0 Å². The monoisotopic (exact) mass is 320 g/mol. The third kappa shape index (κ3) is 2.20. The maximum atomic E-state index is 10.8. The minimum absolute atomic E-state index is 0.0597. The van der Waals surface area contributed by atoms with Crippen LogP contribution in [0.25, 0.3) is 0 Å². The lowest BCUT2D eigenvalue weighted by molar-refractivity contribution is -0.155. The standard InChI is InChI=1S/C21H36O2/c1-4-21(23)12-11-19(2)14(13-21)5-6-15-16-7-8-18(22)20(16,3)10-9-17(15)19/h14-18,22-23H,4-13H2,1-3H3/t14-,15+,16+,17+,18+,19+,20+,21+/m1/s1. The smallest absolute Gasteiger partial charge is 0.0648 e. The van der Waals surface area contributed by atoms with Crippen molar-refractivity contribution in [2.75, 3.05) is 0 Å². The Morgan fingerprint density at radius 3 is 2.35 bits per heavy atom. The molecule has 0 unspecified atom stereocenters. The first-order valence-corrected chi connectivity index (χ1v) is 10.2. The fourth-order valence-electron chi connectivity index (χ4n) is 7.62. The van der Waals surface area contributed by atoms with E-state index in [-0.39, 0.29) is 17.1 Å². The van der Waals surface area contributed by atoms with E-state index in [2.05, 4.69) is 20.8 Å². The number of aliphatic hydroxyl groups is 2. The molecule has 2 nitrogen and oxygen atoms in total. The van der Waals surface area contributed by atoms with Crippen LogP contribution in [-0.4, -0.2) is 21.9 Å². The Morgan fingerprint density at radius 2 is 1.61 bits per heavy atom. The molecule has 0 spiro atoms. The highest BCUT2D eigenvalue weighted by Crippen LogP contribution is 2.66. The van der Waals surface area contributed by atoms with Gasteiger partial charge in [0.1, 0.15) is 0 Å². The fraction of sp³-hybridized carbons (Fsp3) is 1.00. The van der Waals surface area contributed by atoms with Crippen LogP contribution < -0.4 is 0 Å². The van der Waals surface area contributed by atoms with E-state index in [1.807, 2.05) is 0 Å². The van der Waals surface area contributed by atoms with Crippen molar-refractivity contribution in [1.29, 1.82) is 0 Å². The van der Waals surface area contributed by atoms with Crippen LogP contribution in [0.4, 0.5) is 0 Å². The van der Waals surface area contributed by atoms with Crippen molar-refractivity contribution in [1.82, 2.24) is 0 Å². The summed E-state index contributed by atoms with van der Waals surface area (Å²) in [5, 5.41) is 21.4. The van der Waals surface area contributed by atoms with Crippen molar-refractivity contribution in [2.45, 2.75) is 96.7 Å². The zero-order valence-electron chi connectivity index (χ0n) is 15.4. The molecule has 0 radical (unpaired) electrons. The molecule has 132 valence electrons. The Morgan fingerprint density at radius 1 is 0.870 bits per heavy atom. The van der Waals surface area contributed by atoms with Gasteiger partial charge < -0.3 is 10.2 Å². The predicted octanol–water partition coefficient (Wildman–Crippen LogP) is 4.53. The maximum absolute atomic E-state index is 10.8. The van der Waals surface area contributed by atoms with Gasteiger partial charge in [-0.2, -0.15) is 0 Å². The Hall–Kier alpha value is -0.0800. The zero-order chi connectivity index (χ0) is 16.5. The second-order valence-electron chi connectivity index (χ2n) is 10.1. The second-order valence-corrected chi connectivity index (χ2v) is 10.1. The molecule has 4 fully saturated rings. The summed E-state index contributed by atoms with van der Waals surface area (Å²) in [4.78, 5) is 0. The minimum Gasteiger partial charge on any atom is -0.393 e. The van der Waals surface area contributed by atoms with Gasteiger partial charge in [0, 0.05) is 0 Å². The lowest BCUT2D eigenvalue weighted by atomic mass is 9.44. The summed E-state index contributed by atoms with van der Waals surface area (Å²) in [6.07, 6.45) is 11.6. The lowest BCUT2D eigenvalue weighted by Crippen LogP contribution is -2.56. The van der Waals surface area contributed by atoms with Crippen LogP contribution in [-0.2, 0) is 0 Å². The average Bonchev–Trinajstić information content (AvgIpc) is 2.84. The molecular weight excluding hydrogens is 284 g/mol. The van der Waals surface area contributed by atoms with E-state index < -0.39 is 0 Å². The quantitative estimate of drug-likeness (QED) is 0.745. The van der Waals surface area contributed by atoms with Gasteiger partial charge in [-0.05, 0) is 98.7 Å². The molecule has 4 rings (SSSR count). The molecule has 23 heavy (non-hydrogen) atoms. The SMILES string of the molecule is CC[C@]1(O)CC[C@@]2(C)[C@H](CC[C@@H]3[C@@H]2CC[C@]2(C)[C@@H](O)CC[C@@H]32)C1. The number of aliphatic hydroxyl groups excluding tert-OH is 1. The number of hydrogen-bond acceptors (Lipinski definition) is 2. The highest BCUT2D eigenvalue weighted by Gasteiger charge is 2.60. The molecule has 0 bridgehead atoms. The Balaban J connectivity index is 1.60. The van der Waals surface area contributed by atoms with Crippen LogP contribution in [0.1, 0.15) is 85.0 Å². The molecule has 4 aliphatic rings. The number of fused-ring (bicyclic) bond motifs is 5. The van der Waals surface area contributed by atoms with Crippen molar-refractivity contribution in [2.24, 2.45) is 34.5 Å². The molecule has 0 amide bonds. The molecule has 2 N–H and O–H groups in total. The summed E-state index contributed by atoms with van der Waals surface area (Å²) in [5.74, 6) is 3.14. The molecule has 8 atom stereocenters. The largest absolute Gasteiger partial charge is 0.393 e. The Labute approximate surface area is 142 Å². The third-order valence-electron chi connectivity index (χ3n) is 9.43. The van der Waals surface area contributed by atoms with Gasteiger partial charge in [0.05, 0.1) is 11.7 Å². The third-order valence-corrected chi connectivity index (χ3v) is 9.43. The van der Waals surface area contributed by atoms with E-state index >= 15 is 0 Å². The topological polar surface area (TPSA) is 40.5 Å². The molecule has 2 heteroatoms. The van der Waals surface area contributed by atoms with E-state index in [4.69, 9.17) is 0 Å². The molecule has 0 aromatic rings. The van der Waals surface area contributed by atoms with Crippen molar-refractivity contribution in [3.05, 3.63) is 0 Å². The Kier molecular flexibility index (Phi) is 3.71. The molecule has 0 saturated heterocycles. The molecule has 4 saturated carbocycles. The zero-order valence-corrected chi connectivity index (χ0v) is 15.4. The minimum atomic E-state index is -0.385. The molecule has 0 heterocycles. The van der Waals surface area contributed by atoms with Gasteiger partial charge in [0.2, 0.25) is 0 Å². The van der Waals surface area contributed by atoms with Gasteiger partial charge in [0.15, 0.2) is 0 Å². The van der Waals surface area contributed by atoms with Crippen molar-refractivity contribution < 1.29 is 10.2 Å². The van der Waals surface area contributed by atoms with Crippen LogP contribution in [0.2, 0.25) is 0 Å². The van der Waals surface area contributed by atoms with Gasteiger partial charge >= 0.3 is 0 Å². The fourth-order valence-corrected chi connectivity index (χ4v) is 7.62. The predicted molar refractivity (Wildman–Crippen MR) is 93.0 cm³/mol. The molecule has 0 aliphatic heterocycles. The van der Waals surface area contributed by atoms with Crippen LogP contribution >= 0.6 is 0 Å². The first kappa shape index (κ1) is 16.4. The summed E-state index contributed by atoms with van der Waals surface area (Å²) >= 11 is 0. The van der Waals surface area contributed by atoms with Crippen LogP contribution in [0.3, 0.4) is 0 Å². The van der Waals surface area contributed by atoms with Crippen molar-refractivity contribution in [3.63, 3.8) is 0 Å². The molecule has 0 aromatic heterocycles. The van der Waals surface area contributed by atoms with E-state index in [1.165, 1.54) is 38.5 Å². The van der Waals surface area contributed by atoms with Crippen molar-refractivity contribution in [3.8, 4) is 0 Å². The van der Waals surface area contributed by atoms with E-state index in [0.717, 1.165) is 49.4 Å². The summed E-state index contributed by atoms with van der Waals surface area (Å²) < 4.78 is 0. The second kappa shape index (κ2) is 5.21. The summed E-state index contributed by atoms with van der Waals surface area (Å²) in [5.41, 5.74) is 0.256. The van der Waals surface area contributed by atoms with Crippen LogP contribution in [0.15, 0.2) is 0 Å². The van der Waals surface area contributed by atoms with Gasteiger partial charge in [-0.3, -0.25) is 0 Å².